The first-order valence-electron chi connectivity index (χ1n) is 7.39. The highest BCUT2D eigenvalue weighted by molar-refractivity contribution is 5.85. The molecule has 7 heteroatoms. The first kappa shape index (κ1) is 18.9. The molecule has 2 rings (SSSR count). The van der Waals surface area contributed by atoms with Gasteiger partial charge in [0, 0.05) is 25.2 Å². The third-order valence-corrected chi connectivity index (χ3v) is 4.02. The highest BCUT2D eigenvalue weighted by atomic mass is 35.5. The molecule has 1 aromatic heterocycles. The van der Waals surface area contributed by atoms with Crippen LogP contribution in [0.5, 0.6) is 0 Å². The summed E-state index contributed by atoms with van der Waals surface area (Å²) in [7, 11) is 0. The van der Waals surface area contributed by atoms with Crippen LogP contribution in [0.15, 0.2) is 10.6 Å². The van der Waals surface area contributed by atoms with Crippen LogP contribution >= 0.6 is 12.4 Å². The zero-order valence-corrected chi connectivity index (χ0v) is 14.3. The molecule has 0 saturated carbocycles. The van der Waals surface area contributed by atoms with Crippen LogP contribution in [-0.2, 0) is 21.5 Å². The van der Waals surface area contributed by atoms with Gasteiger partial charge in [0.2, 0.25) is 11.8 Å². The maximum atomic E-state index is 12.4. The molecule has 3 N–H and O–H groups in total. The Morgan fingerprint density at radius 2 is 2.05 bits per heavy atom. The Balaban J connectivity index is 0.00000242. The lowest BCUT2D eigenvalue weighted by Crippen LogP contribution is -2.49. The molecule has 0 aromatic carbocycles. The Hall–Kier alpha value is -1.11. The van der Waals surface area contributed by atoms with Crippen LogP contribution in [0.3, 0.4) is 0 Å². The minimum atomic E-state index is -0.516. The van der Waals surface area contributed by atoms with Crippen molar-refractivity contribution in [2.45, 2.75) is 45.6 Å². The number of ether oxygens (including phenoxy) is 1. The fourth-order valence-corrected chi connectivity index (χ4v) is 2.37. The Labute approximate surface area is 137 Å². The largest absolute Gasteiger partial charge is 0.443 e. The number of rotatable bonds is 4. The number of nitrogens with zero attached hydrogens (tertiary/aromatic N) is 1. The molecule has 126 valence electrons. The summed E-state index contributed by atoms with van der Waals surface area (Å²) in [6.45, 7) is 7.96. The second-order valence-corrected chi connectivity index (χ2v) is 6.65. The summed E-state index contributed by atoms with van der Waals surface area (Å²) in [4.78, 5) is 16.6. The summed E-state index contributed by atoms with van der Waals surface area (Å²) in [6.07, 6.45) is 3.04. The number of carbonyl (C=O) groups is 1. The molecule has 6 nitrogen and oxygen atoms in total. The normalized spacial score (nSPS) is 17.6. The van der Waals surface area contributed by atoms with Crippen molar-refractivity contribution in [2.24, 2.45) is 11.1 Å². The minimum Gasteiger partial charge on any atom is -0.443 e. The van der Waals surface area contributed by atoms with Crippen LogP contribution in [0.2, 0.25) is 0 Å². The predicted molar refractivity (Wildman–Crippen MR) is 85.8 cm³/mol. The van der Waals surface area contributed by atoms with Gasteiger partial charge in [-0.1, -0.05) is 20.8 Å². The summed E-state index contributed by atoms with van der Waals surface area (Å²) in [5.74, 6) is 1.29. The molecule has 0 aliphatic carbocycles. The van der Waals surface area contributed by atoms with E-state index in [2.05, 4.69) is 31.1 Å². The van der Waals surface area contributed by atoms with E-state index >= 15 is 0 Å². The summed E-state index contributed by atoms with van der Waals surface area (Å²) < 4.78 is 11.0. The number of nitrogens with two attached hydrogens (primary N) is 1. The third-order valence-electron chi connectivity index (χ3n) is 4.02. The SMILES string of the molecule is CC(C)(C)c1cnc(CNC(=O)C2(CN)CCOCC2)o1.Cl. The Morgan fingerprint density at radius 3 is 2.55 bits per heavy atom. The molecule has 0 radical (unpaired) electrons. The van der Waals surface area contributed by atoms with Crippen molar-refractivity contribution in [3.8, 4) is 0 Å². The van der Waals surface area contributed by atoms with Gasteiger partial charge in [-0.15, -0.1) is 12.4 Å². The number of carbonyl (C=O) groups excluding carboxylic acids is 1. The molecular weight excluding hydrogens is 306 g/mol. The molecule has 1 aliphatic heterocycles. The van der Waals surface area contributed by atoms with Crippen molar-refractivity contribution in [1.82, 2.24) is 10.3 Å². The zero-order chi connectivity index (χ0) is 15.5. The monoisotopic (exact) mass is 331 g/mol. The molecule has 0 atom stereocenters. The Kier molecular flexibility index (Phi) is 6.40. The molecule has 2 heterocycles. The van der Waals surface area contributed by atoms with E-state index in [1.807, 2.05) is 0 Å². The zero-order valence-electron chi connectivity index (χ0n) is 13.5. The van der Waals surface area contributed by atoms with Crippen LogP contribution in [0.25, 0.3) is 0 Å². The van der Waals surface area contributed by atoms with Gasteiger partial charge in [0.15, 0.2) is 0 Å². The van der Waals surface area contributed by atoms with Gasteiger partial charge in [0.25, 0.3) is 0 Å². The van der Waals surface area contributed by atoms with Crippen molar-refractivity contribution in [3.05, 3.63) is 17.8 Å². The summed E-state index contributed by atoms with van der Waals surface area (Å²) >= 11 is 0. The van der Waals surface area contributed by atoms with Crippen LogP contribution in [0.1, 0.15) is 45.3 Å². The van der Waals surface area contributed by atoms with Crippen molar-refractivity contribution in [3.63, 3.8) is 0 Å². The molecule has 22 heavy (non-hydrogen) atoms. The van der Waals surface area contributed by atoms with Crippen LogP contribution in [0.4, 0.5) is 0 Å². The van der Waals surface area contributed by atoms with E-state index in [1.54, 1.807) is 6.20 Å². The van der Waals surface area contributed by atoms with Gasteiger partial charge in [-0.05, 0) is 12.8 Å². The standard InChI is InChI=1S/C15H25N3O3.ClH/c1-14(2,3)11-8-17-12(21-11)9-18-13(19)15(10-16)4-6-20-7-5-15;/h8H,4-7,9-10,16H2,1-3H3,(H,18,19);1H. The van der Waals surface area contributed by atoms with Crippen molar-refractivity contribution >= 4 is 18.3 Å². The first-order chi connectivity index (χ1) is 9.87. The molecule has 1 amide bonds. The average Bonchev–Trinajstić information content (AvgIpc) is 2.94. The summed E-state index contributed by atoms with van der Waals surface area (Å²) in [6, 6.07) is 0. The first-order valence-corrected chi connectivity index (χ1v) is 7.39. The van der Waals surface area contributed by atoms with Crippen molar-refractivity contribution < 1.29 is 13.9 Å². The van der Waals surface area contributed by atoms with Crippen LogP contribution in [0, 0.1) is 5.41 Å². The third kappa shape index (κ3) is 4.21. The molecule has 0 bridgehead atoms. The second-order valence-electron chi connectivity index (χ2n) is 6.65. The molecule has 0 unspecified atom stereocenters. The molecule has 0 spiro atoms. The molecule has 1 aliphatic rings. The maximum absolute atomic E-state index is 12.4. The van der Waals surface area contributed by atoms with E-state index in [0.29, 0.717) is 38.5 Å². The van der Waals surface area contributed by atoms with E-state index < -0.39 is 5.41 Å². The van der Waals surface area contributed by atoms with Gasteiger partial charge in [-0.25, -0.2) is 4.98 Å². The van der Waals surface area contributed by atoms with Crippen molar-refractivity contribution in [1.29, 1.82) is 0 Å². The van der Waals surface area contributed by atoms with Gasteiger partial charge in [-0.3, -0.25) is 4.79 Å². The number of hydrogen-bond donors (Lipinski definition) is 2. The number of hydrogen-bond acceptors (Lipinski definition) is 5. The number of halogens is 1. The molecule has 1 aromatic rings. The van der Waals surface area contributed by atoms with Gasteiger partial charge in [0.1, 0.15) is 5.76 Å². The summed E-state index contributed by atoms with van der Waals surface area (Å²) in [5, 5.41) is 2.89. The second kappa shape index (κ2) is 7.44. The highest BCUT2D eigenvalue weighted by Gasteiger charge is 2.38. The van der Waals surface area contributed by atoms with E-state index in [4.69, 9.17) is 14.9 Å². The summed E-state index contributed by atoms with van der Waals surface area (Å²) in [5.41, 5.74) is 5.21. The highest BCUT2D eigenvalue weighted by Crippen LogP contribution is 2.29. The van der Waals surface area contributed by atoms with Gasteiger partial charge in [-0.2, -0.15) is 0 Å². The number of oxazole rings is 1. The Morgan fingerprint density at radius 1 is 1.41 bits per heavy atom. The number of nitrogens with one attached hydrogen (secondary N) is 1. The minimum absolute atomic E-state index is 0. The van der Waals surface area contributed by atoms with E-state index in [1.165, 1.54) is 0 Å². The average molecular weight is 332 g/mol. The predicted octanol–water partition coefficient (Wildman–Crippen LogP) is 1.77. The molecular formula is C15H26ClN3O3. The molecule has 1 fully saturated rings. The lowest BCUT2D eigenvalue weighted by atomic mass is 9.79. The Bertz CT molecular complexity index is 490. The molecule has 1 saturated heterocycles. The van der Waals surface area contributed by atoms with E-state index in [9.17, 15) is 4.79 Å². The topological polar surface area (TPSA) is 90.4 Å². The number of amides is 1. The van der Waals surface area contributed by atoms with E-state index in [0.717, 1.165) is 5.76 Å². The maximum Gasteiger partial charge on any atom is 0.228 e. The smallest absolute Gasteiger partial charge is 0.228 e. The van der Waals surface area contributed by atoms with E-state index in [-0.39, 0.29) is 30.3 Å². The van der Waals surface area contributed by atoms with Gasteiger partial charge < -0.3 is 20.2 Å². The van der Waals surface area contributed by atoms with Crippen molar-refractivity contribution in [2.75, 3.05) is 19.8 Å². The van der Waals surface area contributed by atoms with Gasteiger partial charge >= 0.3 is 0 Å². The fraction of sp³-hybridized carbons (Fsp3) is 0.733. The van der Waals surface area contributed by atoms with Gasteiger partial charge in [0.05, 0.1) is 18.2 Å². The van der Waals surface area contributed by atoms with Crippen LogP contribution < -0.4 is 11.1 Å². The lowest BCUT2D eigenvalue weighted by Gasteiger charge is -2.34. The van der Waals surface area contributed by atoms with Crippen LogP contribution in [-0.4, -0.2) is 30.6 Å². The number of aromatic nitrogens is 1. The lowest BCUT2D eigenvalue weighted by molar-refractivity contribution is -0.136. The fourth-order valence-electron chi connectivity index (χ4n) is 2.37. The quantitative estimate of drug-likeness (QED) is 0.877.